The fourth-order valence-electron chi connectivity index (χ4n) is 2.65. The molecule has 0 aliphatic rings. The molecule has 0 aromatic heterocycles. The molecule has 2 amide bonds. The van der Waals surface area contributed by atoms with Crippen LogP contribution in [0, 0.1) is 10.1 Å². The summed E-state index contributed by atoms with van der Waals surface area (Å²) in [5.41, 5.74) is 0.460. The van der Waals surface area contributed by atoms with Crippen LogP contribution in [0.15, 0.2) is 54.6 Å². The number of hydrogen-bond donors (Lipinski definition) is 2. The summed E-state index contributed by atoms with van der Waals surface area (Å²) in [6.45, 7) is 0. The largest absolute Gasteiger partial charge is 0.424 e. The molecule has 3 rings (SSSR count). The van der Waals surface area contributed by atoms with Crippen molar-refractivity contribution in [1.29, 1.82) is 0 Å². The number of nitro benzene ring substituents is 1. The molecule has 3 aromatic carbocycles. The Balaban J connectivity index is 1.77. The second kappa shape index (κ2) is 10.7. The van der Waals surface area contributed by atoms with E-state index in [4.69, 9.17) is 51.1 Å². The summed E-state index contributed by atoms with van der Waals surface area (Å²) in [6, 6.07) is 11.8. The van der Waals surface area contributed by atoms with Crippen LogP contribution < -0.4 is 15.4 Å². The molecule has 0 bridgehead atoms. The van der Waals surface area contributed by atoms with Crippen LogP contribution in [0.5, 0.6) is 5.75 Å². The molecule has 2 N–H and O–H groups in total. The fourth-order valence-corrected chi connectivity index (χ4v) is 3.27. The first kappa shape index (κ1) is 24.6. The number of hydrogen-bond acceptors (Lipinski definition) is 5. The van der Waals surface area contributed by atoms with Crippen LogP contribution in [0.3, 0.4) is 0 Å². The molecule has 12 heteroatoms. The summed E-state index contributed by atoms with van der Waals surface area (Å²) < 4.78 is 5.32. The maximum Gasteiger partial charge on any atom is 0.323 e. The quantitative estimate of drug-likeness (QED) is 0.155. The van der Waals surface area contributed by atoms with Crippen LogP contribution in [0.2, 0.25) is 20.1 Å². The highest BCUT2D eigenvalue weighted by molar-refractivity contribution is 6.42. The number of amides is 2. The van der Waals surface area contributed by atoms with Gasteiger partial charge >= 0.3 is 12.0 Å². The van der Waals surface area contributed by atoms with E-state index < -0.39 is 16.9 Å². The number of halogens is 4. The van der Waals surface area contributed by atoms with Crippen LogP contribution in [-0.2, 0) is 11.2 Å². The number of carbonyl (C=O) groups is 2. The number of benzene rings is 3. The molecule has 0 radical (unpaired) electrons. The van der Waals surface area contributed by atoms with E-state index in [1.165, 1.54) is 30.3 Å². The molecule has 33 heavy (non-hydrogen) atoms. The zero-order valence-corrected chi connectivity index (χ0v) is 19.4. The molecule has 0 atom stereocenters. The Kier molecular flexibility index (Phi) is 7.99. The van der Waals surface area contributed by atoms with E-state index in [-0.39, 0.29) is 33.6 Å². The lowest BCUT2D eigenvalue weighted by atomic mass is 10.1. The van der Waals surface area contributed by atoms with Crippen molar-refractivity contribution in [3.63, 3.8) is 0 Å². The molecule has 0 saturated carbocycles. The van der Waals surface area contributed by atoms with Crippen molar-refractivity contribution in [2.45, 2.75) is 6.42 Å². The molecule has 8 nitrogen and oxygen atoms in total. The molecule has 170 valence electrons. The summed E-state index contributed by atoms with van der Waals surface area (Å²) in [5.74, 6) is -0.773. The van der Waals surface area contributed by atoms with Gasteiger partial charge in [-0.15, -0.1) is 0 Å². The number of ether oxygens (including phenoxy) is 1. The van der Waals surface area contributed by atoms with E-state index >= 15 is 0 Å². The van der Waals surface area contributed by atoms with Crippen LogP contribution >= 0.6 is 46.4 Å². The van der Waals surface area contributed by atoms with Crippen molar-refractivity contribution in [2.24, 2.45) is 0 Å². The predicted octanol–water partition coefficient (Wildman–Crippen LogP) is 7.00. The van der Waals surface area contributed by atoms with E-state index in [9.17, 15) is 19.7 Å². The lowest BCUT2D eigenvalue weighted by Gasteiger charge is -2.13. The highest BCUT2D eigenvalue weighted by atomic mass is 35.5. The van der Waals surface area contributed by atoms with E-state index in [1.807, 2.05) is 0 Å². The van der Waals surface area contributed by atoms with Gasteiger partial charge in [0, 0.05) is 17.8 Å². The summed E-state index contributed by atoms with van der Waals surface area (Å²) in [6.07, 6.45) is -0.150. The Bertz CT molecular complexity index is 1250. The number of nitro groups is 1. The lowest BCUT2D eigenvalue weighted by molar-refractivity contribution is -0.384. The highest BCUT2D eigenvalue weighted by Crippen LogP contribution is 2.31. The van der Waals surface area contributed by atoms with Crippen molar-refractivity contribution in [3.8, 4) is 5.75 Å². The summed E-state index contributed by atoms with van der Waals surface area (Å²) in [5, 5.41) is 17.2. The van der Waals surface area contributed by atoms with E-state index in [0.29, 0.717) is 21.3 Å². The topological polar surface area (TPSA) is 111 Å². The first-order valence-corrected chi connectivity index (χ1v) is 10.6. The Labute approximate surface area is 207 Å². The predicted molar refractivity (Wildman–Crippen MR) is 128 cm³/mol. The minimum atomic E-state index is -0.754. The molecule has 0 unspecified atom stereocenters. The van der Waals surface area contributed by atoms with E-state index in [0.717, 1.165) is 12.1 Å². The molecule has 0 fully saturated rings. The zero-order chi connectivity index (χ0) is 24.1. The van der Waals surface area contributed by atoms with Crippen molar-refractivity contribution in [1.82, 2.24) is 0 Å². The minimum Gasteiger partial charge on any atom is -0.424 e. The highest BCUT2D eigenvalue weighted by Gasteiger charge is 2.17. The van der Waals surface area contributed by atoms with Crippen molar-refractivity contribution >= 4 is 75.5 Å². The molecule has 0 heterocycles. The third kappa shape index (κ3) is 6.72. The van der Waals surface area contributed by atoms with Crippen LogP contribution in [-0.4, -0.2) is 16.9 Å². The van der Waals surface area contributed by atoms with Gasteiger partial charge in [-0.1, -0.05) is 52.5 Å². The summed E-state index contributed by atoms with van der Waals surface area (Å²) in [7, 11) is 0. The number of carbonyl (C=O) groups excluding carboxylic acids is 2. The third-order valence-corrected chi connectivity index (χ3v) is 5.63. The van der Waals surface area contributed by atoms with Gasteiger partial charge < -0.3 is 15.4 Å². The first-order chi connectivity index (χ1) is 15.6. The molecule has 3 aromatic rings. The molecule has 0 saturated heterocycles. The Hall–Kier alpha value is -3.04. The van der Waals surface area contributed by atoms with Gasteiger partial charge in [0.1, 0.15) is 0 Å². The Morgan fingerprint density at radius 1 is 0.848 bits per heavy atom. The Morgan fingerprint density at radius 3 is 2.15 bits per heavy atom. The number of non-ortho nitro benzene ring substituents is 1. The van der Waals surface area contributed by atoms with E-state index in [1.54, 1.807) is 12.1 Å². The Morgan fingerprint density at radius 2 is 1.52 bits per heavy atom. The van der Waals surface area contributed by atoms with Gasteiger partial charge in [0.15, 0.2) is 5.75 Å². The molecular weight excluding hydrogens is 516 g/mol. The third-order valence-electron chi connectivity index (χ3n) is 4.16. The second-order valence-corrected chi connectivity index (χ2v) is 8.17. The smallest absolute Gasteiger partial charge is 0.323 e. The van der Waals surface area contributed by atoms with E-state index in [2.05, 4.69) is 10.6 Å². The average Bonchev–Trinajstić information content (AvgIpc) is 2.74. The van der Waals surface area contributed by atoms with Crippen molar-refractivity contribution in [3.05, 3.63) is 90.4 Å². The normalized spacial score (nSPS) is 10.4. The number of urea groups is 1. The van der Waals surface area contributed by atoms with Crippen LogP contribution in [0.4, 0.5) is 21.9 Å². The van der Waals surface area contributed by atoms with Gasteiger partial charge in [-0.05, 0) is 42.0 Å². The summed E-state index contributed by atoms with van der Waals surface area (Å²) in [4.78, 5) is 35.3. The van der Waals surface area contributed by atoms with Crippen molar-refractivity contribution < 1.29 is 19.2 Å². The van der Waals surface area contributed by atoms with Gasteiger partial charge in [-0.2, -0.15) is 0 Å². The standard InChI is InChI=1S/C21H13Cl4N3O5/c22-14-4-1-11(7-16(14)24)8-20(29)33-19-6-3-13(28(31)32)10-18(19)27-21(30)26-12-2-5-15(23)17(25)9-12/h1-7,9-10H,8H2,(H2,26,27,30). The zero-order valence-electron chi connectivity index (χ0n) is 16.4. The van der Waals surface area contributed by atoms with Crippen molar-refractivity contribution in [2.75, 3.05) is 10.6 Å². The molecule has 0 spiro atoms. The number of nitrogens with one attached hydrogen (secondary N) is 2. The average molecular weight is 529 g/mol. The van der Waals surface area contributed by atoms with Crippen LogP contribution in [0.25, 0.3) is 0 Å². The van der Waals surface area contributed by atoms with Gasteiger partial charge in [0.2, 0.25) is 0 Å². The summed E-state index contributed by atoms with van der Waals surface area (Å²) >= 11 is 23.6. The number of anilines is 2. The maximum atomic E-state index is 12.4. The lowest BCUT2D eigenvalue weighted by Crippen LogP contribution is -2.21. The minimum absolute atomic E-state index is 0.0880. The SMILES string of the molecule is O=C(Nc1ccc(Cl)c(Cl)c1)Nc1cc([N+](=O)[O-])ccc1OC(=O)Cc1ccc(Cl)c(Cl)c1. The molecule has 0 aliphatic heterocycles. The van der Waals surface area contributed by atoms with Gasteiger partial charge in [-0.25, -0.2) is 4.79 Å². The number of nitrogens with zero attached hydrogens (tertiary/aromatic N) is 1. The maximum absolute atomic E-state index is 12.4. The first-order valence-electron chi connectivity index (χ1n) is 9.08. The number of esters is 1. The van der Waals surface area contributed by atoms with Gasteiger partial charge in [-0.3, -0.25) is 14.9 Å². The van der Waals surface area contributed by atoms with Gasteiger partial charge in [0.05, 0.1) is 37.1 Å². The van der Waals surface area contributed by atoms with Gasteiger partial charge in [0.25, 0.3) is 5.69 Å². The second-order valence-electron chi connectivity index (χ2n) is 6.54. The molecule has 0 aliphatic carbocycles. The monoisotopic (exact) mass is 527 g/mol. The fraction of sp³-hybridized carbons (Fsp3) is 0.0476. The molecular formula is C21H13Cl4N3O5. The van der Waals surface area contributed by atoms with Crippen LogP contribution in [0.1, 0.15) is 5.56 Å². The number of rotatable bonds is 6.